The zero-order chi connectivity index (χ0) is 27.2. The fourth-order valence-electron chi connectivity index (χ4n) is 4.34. The van der Waals surface area contributed by atoms with Gasteiger partial charge in [0.15, 0.2) is 11.5 Å². The average molecular weight is 522 g/mol. The first-order valence-corrected chi connectivity index (χ1v) is 11.9. The van der Waals surface area contributed by atoms with Gasteiger partial charge in [0, 0.05) is 0 Å². The van der Waals surface area contributed by atoms with E-state index >= 15 is 0 Å². The van der Waals surface area contributed by atoms with E-state index in [1.165, 1.54) is 26.4 Å². The van der Waals surface area contributed by atoms with Gasteiger partial charge in [-0.3, -0.25) is 9.59 Å². The Kier molecular flexibility index (Phi) is 8.15. The van der Waals surface area contributed by atoms with Crippen LogP contribution in [0, 0.1) is 5.82 Å². The van der Waals surface area contributed by atoms with Crippen molar-refractivity contribution >= 4 is 29.1 Å². The number of rotatable bonds is 11. The van der Waals surface area contributed by atoms with Crippen molar-refractivity contribution in [1.82, 2.24) is 5.32 Å². The zero-order valence-electron chi connectivity index (χ0n) is 21.3. The summed E-state index contributed by atoms with van der Waals surface area (Å²) in [6.45, 7) is 2.11. The third-order valence-corrected chi connectivity index (χ3v) is 6.19. The molecule has 1 aliphatic carbocycles. The molecule has 0 spiro atoms. The van der Waals surface area contributed by atoms with Crippen LogP contribution in [0.3, 0.4) is 0 Å². The molecule has 1 heterocycles. The summed E-state index contributed by atoms with van der Waals surface area (Å²) in [6, 6.07) is 11.5. The van der Waals surface area contributed by atoms with Crippen LogP contribution >= 0.6 is 0 Å². The average Bonchev–Trinajstić information content (AvgIpc) is 3.50. The smallest absolute Gasteiger partial charge is 0.306 e. The predicted molar refractivity (Wildman–Crippen MR) is 139 cm³/mol. The van der Waals surface area contributed by atoms with E-state index in [1.807, 2.05) is 13.0 Å². The molecule has 1 aromatic heterocycles. The normalized spacial score (nSPS) is 13.4. The number of methoxy groups -OCH3 is 2. The minimum atomic E-state index is -0.978. The molecule has 0 unspecified atom stereocenters. The number of amides is 1. The molecule has 1 aliphatic rings. The predicted octanol–water partition coefficient (Wildman–Crippen LogP) is 5.32. The molecule has 0 saturated heterocycles. The van der Waals surface area contributed by atoms with E-state index in [1.54, 1.807) is 36.6 Å². The van der Waals surface area contributed by atoms with Gasteiger partial charge in [-0.2, -0.15) is 0 Å². The van der Waals surface area contributed by atoms with Crippen LogP contribution < -0.4 is 19.5 Å². The molecule has 0 atom stereocenters. The van der Waals surface area contributed by atoms with Crippen LogP contribution in [-0.2, 0) is 16.1 Å². The number of carbonyl (C=O) groups is 2. The quantitative estimate of drug-likeness (QED) is 0.352. The van der Waals surface area contributed by atoms with Crippen molar-refractivity contribution in [1.29, 1.82) is 0 Å². The Balaban J connectivity index is 1.67. The topological polar surface area (TPSA) is 107 Å². The van der Waals surface area contributed by atoms with Crippen LogP contribution in [0.15, 0.2) is 58.7 Å². The lowest BCUT2D eigenvalue weighted by Crippen LogP contribution is -2.22. The van der Waals surface area contributed by atoms with Crippen molar-refractivity contribution in [3.63, 3.8) is 0 Å². The van der Waals surface area contributed by atoms with Gasteiger partial charge in [-0.05, 0) is 82.8 Å². The minimum Gasteiger partial charge on any atom is -0.493 e. The molecule has 38 heavy (non-hydrogen) atoms. The highest BCUT2D eigenvalue weighted by Crippen LogP contribution is 2.45. The summed E-state index contributed by atoms with van der Waals surface area (Å²) >= 11 is 0. The molecule has 2 aromatic carbocycles. The van der Waals surface area contributed by atoms with Crippen LogP contribution in [0.4, 0.5) is 4.39 Å². The minimum absolute atomic E-state index is 0.0470. The number of halogens is 1. The number of carbonyl (C=O) groups excluding carboxylic acids is 1. The van der Waals surface area contributed by atoms with Crippen LogP contribution in [-0.4, -0.2) is 37.8 Å². The second-order valence-electron chi connectivity index (χ2n) is 8.63. The molecular weight excluding hydrogens is 493 g/mol. The Morgan fingerprint density at radius 3 is 2.45 bits per heavy atom. The lowest BCUT2D eigenvalue weighted by atomic mass is 10.00. The fourth-order valence-corrected chi connectivity index (χ4v) is 4.34. The molecule has 4 rings (SSSR count). The number of benzene rings is 2. The number of hydrogen-bond acceptors (Lipinski definition) is 6. The van der Waals surface area contributed by atoms with Gasteiger partial charge in [0.05, 0.1) is 46.5 Å². The molecule has 3 aromatic rings. The maximum absolute atomic E-state index is 14.2. The van der Waals surface area contributed by atoms with Gasteiger partial charge in [0.1, 0.15) is 11.6 Å². The first-order valence-electron chi connectivity index (χ1n) is 11.9. The van der Waals surface area contributed by atoms with Gasteiger partial charge < -0.3 is 29.1 Å². The van der Waals surface area contributed by atoms with Crippen molar-refractivity contribution in [2.24, 2.45) is 0 Å². The molecule has 9 heteroatoms. The van der Waals surface area contributed by atoms with Crippen molar-refractivity contribution < 1.29 is 37.7 Å². The van der Waals surface area contributed by atoms with Crippen molar-refractivity contribution in [2.45, 2.75) is 26.3 Å². The second kappa shape index (κ2) is 11.7. The zero-order valence-corrected chi connectivity index (χ0v) is 21.3. The molecule has 0 bridgehead atoms. The van der Waals surface area contributed by atoms with E-state index in [9.17, 15) is 14.0 Å². The molecule has 2 N–H and O–H groups in total. The third-order valence-electron chi connectivity index (χ3n) is 6.19. The van der Waals surface area contributed by atoms with Gasteiger partial charge in [-0.1, -0.05) is 6.07 Å². The number of nitrogens with one attached hydrogen (secondary N) is 1. The van der Waals surface area contributed by atoms with E-state index in [0.29, 0.717) is 28.6 Å². The Labute approximate surface area is 219 Å². The molecule has 1 amide bonds. The largest absolute Gasteiger partial charge is 0.493 e. The molecule has 0 fully saturated rings. The summed E-state index contributed by atoms with van der Waals surface area (Å²) in [4.78, 5) is 23.6. The van der Waals surface area contributed by atoms with Crippen LogP contribution in [0.25, 0.3) is 17.2 Å². The lowest BCUT2D eigenvalue weighted by molar-refractivity contribution is -0.137. The van der Waals surface area contributed by atoms with Gasteiger partial charge in [-0.15, -0.1) is 0 Å². The maximum Gasteiger partial charge on any atom is 0.306 e. The highest BCUT2D eigenvalue weighted by Gasteiger charge is 2.26. The van der Waals surface area contributed by atoms with Crippen LogP contribution in [0.1, 0.15) is 42.2 Å². The van der Waals surface area contributed by atoms with Crippen LogP contribution in [0.2, 0.25) is 0 Å². The van der Waals surface area contributed by atoms with Crippen LogP contribution in [0.5, 0.6) is 17.2 Å². The molecule has 0 radical (unpaired) electrons. The maximum atomic E-state index is 14.2. The Morgan fingerprint density at radius 1 is 1.08 bits per heavy atom. The standard InChI is InChI=1S/C29H28FNO7/c1-17-22(11-18-12-25(35-2)29(26(13-18)36-3)38-10-8-28(33)34)21-7-6-19(30)14-24(21)23(17)15-27(32)31-16-20-5-4-9-37-20/h4-7,9,11-14H,8,10,15-16H2,1-3H3,(H,31,32)(H,33,34)/b22-11-. The van der Waals surface area contributed by atoms with E-state index in [2.05, 4.69) is 5.32 Å². The van der Waals surface area contributed by atoms with Crippen molar-refractivity contribution in [2.75, 3.05) is 20.8 Å². The number of carboxylic acid groups (broad SMARTS) is 1. The molecule has 8 nitrogen and oxygen atoms in total. The summed E-state index contributed by atoms with van der Waals surface area (Å²) in [5.74, 6) is 0.106. The Morgan fingerprint density at radius 2 is 1.82 bits per heavy atom. The SMILES string of the molecule is COc1cc(/C=C2/C(C)=C(CC(=O)NCc3ccco3)c3cc(F)ccc32)cc(OC)c1OCCC(=O)O. The number of carboxylic acids is 1. The number of fused-ring (bicyclic) bond motifs is 1. The van der Waals surface area contributed by atoms with E-state index in [-0.39, 0.29) is 31.9 Å². The van der Waals surface area contributed by atoms with Gasteiger partial charge in [0.2, 0.25) is 11.7 Å². The highest BCUT2D eigenvalue weighted by atomic mass is 19.1. The molecule has 0 aliphatic heterocycles. The number of aliphatic carboxylic acids is 1. The summed E-state index contributed by atoms with van der Waals surface area (Å²) in [5.41, 5.74) is 4.59. The molecular formula is C29H28FNO7. The molecule has 198 valence electrons. The number of furan rings is 1. The summed E-state index contributed by atoms with van der Waals surface area (Å²) in [6.07, 6.45) is 3.35. The Bertz CT molecular complexity index is 1380. The van der Waals surface area contributed by atoms with E-state index in [4.69, 9.17) is 23.7 Å². The molecule has 0 saturated carbocycles. The first kappa shape index (κ1) is 26.5. The number of allylic oxidation sites excluding steroid dienone is 2. The highest BCUT2D eigenvalue weighted by molar-refractivity contribution is 6.08. The third kappa shape index (κ3) is 5.88. The summed E-state index contributed by atoms with van der Waals surface area (Å²) in [7, 11) is 2.96. The van der Waals surface area contributed by atoms with Gasteiger partial charge in [0.25, 0.3) is 0 Å². The van der Waals surface area contributed by atoms with Crippen molar-refractivity contribution in [3.8, 4) is 17.2 Å². The van der Waals surface area contributed by atoms with Gasteiger partial charge >= 0.3 is 5.97 Å². The Hall–Kier alpha value is -4.53. The van der Waals surface area contributed by atoms with Crippen molar-refractivity contribution in [3.05, 3.63) is 82.6 Å². The lowest BCUT2D eigenvalue weighted by Gasteiger charge is -2.15. The summed E-state index contributed by atoms with van der Waals surface area (Å²) in [5, 5.41) is 11.8. The summed E-state index contributed by atoms with van der Waals surface area (Å²) < 4.78 is 36.1. The monoisotopic (exact) mass is 521 g/mol. The van der Waals surface area contributed by atoms with Gasteiger partial charge in [-0.25, -0.2) is 4.39 Å². The number of hydrogen-bond donors (Lipinski definition) is 2. The number of ether oxygens (including phenoxy) is 3. The van der Waals surface area contributed by atoms with E-state index < -0.39 is 11.8 Å². The fraction of sp³-hybridized carbons (Fsp3) is 0.241. The second-order valence-corrected chi connectivity index (χ2v) is 8.63. The van der Waals surface area contributed by atoms with E-state index in [0.717, 1.165) is 27.8 Å². The first-order chi connectivity index (χ1) is 18.3.